The van der Waals surface area contributed by atoms with Gasteiger partial charge in [-0.15, -0.1) is 0 Å². The van der Waals surface area contributed by atoms with E-state index in [0.717, 1.165) is 10.0 Å². The van der Waals surface area contributed by atoms with Crippen LogP contribution in [-0.2, 0) is 16.0 Å². The number of amides is 2. The second-order valence-corrected chi connectivity index (χ2v) is 7.63. The highest BCUT2D eigenvalue weighted by Gasteiger charge is 2.16. The standard InChI is InChI=1S/C19H21BrN2O4/c1-19(2,3)26-18(25)21-14-7-4-12(5-8-14)10-17(24)22-15-9-6-13(20)11-16(15)23/h4-9,11,23H,10H2,1-3H3,(H,21,25)(H,22,24). The normalized spacial score (nSPS) is 10.9. The molecule has 0 aliphatic rings. The molecule has 6 nitrogen and oxygen atoms in total. The van der Waals surface area contributed by atoms with Crippen molar-refractivity contribution >= 4 is 39.3 Å². The van der Waals surface area contributed by atoms with Gasteiger partial charge in [-0.1, -0.05) is 28.1 Å². The maximum absolute atomic E-state index is 12.1. The first-order valence-corrected chi connectivity index (χ1v) is 8.79. The summed E-state index contributed by atoms with van der Waals surface area (Å²) in [5.74, 6) is -0.264. The van der Waals surface area contributed by atoms with Gasteiger partial charge in [0.05, 0.1) is 12.1 Å². The molecule has 0 saturated heterocycles. The molecule has 0 aliphatic heterocycles. The van der Waals surface area contributed by atoms with Gasteiger partial charge in [-0.05, 0) is 56.7 Å². The van der Waals surface area contributed by atoms with Crippen LogP contribution < -0.4 is 10.6 Å². The summed E-state index contributed by atoms with van der Waals surface area (Å²) in [6, 6.07) is 11.7. The summed E-state index contributed by atoms with van der Waals surface area (Å²) in [7, 11) is 0. The number of phenolic OH excluding ortho intramolecular Hbond substituents is 1. The lowest BCUT2D eigenvalue weighted by Gasteiger charge is -2.19. The van der Waals surface area contributed by atoms with Gasteiger partial charge in [0.15, 0.2) is 0 Å². The molecule has 0 fully saturated rings. The Labute approximate surface area is 160 Å². The Bertz CT molecular complexity index is 798. The van der Waals surface area contributed by atoms with Gasteiger partial charge in [0.25, 0.3) is 0 Å². The summed E-state index contributed by atoms with van der Waals surface area (Å²) >= 11 is 3.24. The van der Waals surface area contributed by atoms with Crippen molar-refractivity contribution in [2.24, 2.45) is 0 Å². The molecule has 0 aromatic heterocycles. The predicted molar refractivity (Wildman–Crippen MR) is 104 cm³/mol. The van der Waals surface area contributed by atoms with E-state index in [1.165, 1.54) is 6.07 Å². The lowest BCUT2D eigenvalue weighted by Crippen LogP contribution is -2.27. The summed E-state index contributed by atoms with van der Waals surface area (Å²) in [4.78, 5) is 23.8. The summed E-state index contributed by atoms with van der Waals surface area (Å²) in [5.41, 5.74) is 1.13. The molecule has 0 radical (unpaired) electrons. The molecule has 2 aromatic carbocycles. The monoisotopic (exact) mass is 420 g/mol. The third-order valence-electron chi connectivity index (χ3n) is 3.20. The van der Waals surface area contributed by atoms with Crippen LogP contribution in [0.4, 0.5) is 16.2 Å². The molecule has 0 saturated carbocycles. The second-order valence-electron chi connectivity index (χ2n) is 6.71. The topological polar surface area (TPSA) is 87.7 Å². The Balaban J connectivity index is 1.92. The fourth-order valence-electron chi connectivity index (χ4n) is 2.12. The molecule has 2 aromatic rings. The number of nitrogens with one attached hydrogen (secondary N) is 2. The molecule has 0 bridgehead atoms. The van der Waals surface area contributed by atoms with E-state index in [0.29, 0.717) is 11.4 Å². The van der Waals surface area contributed by atoms with Crippen LogP contribution in [0, 0.1) is 0 Å². The summed E-state index contributed by atoms with van der Waals surface area (Å²) in [6.45, 7) is 5.37. The molecule has 0 heterocycles. The average Bonchev–Trinajstić information content (AvgIpc) is 2.50. The Morgan fingerprint density at radius 3 is 2.31 bits per heavy atom. The van der Waals surface area contributed by atoms with E-state index >= 15 is 0 Å². The number of phenols is 1. The van der Waals surface area contributed by atoms with Gasteiger partial charge in [-0.25, -0.2) is 4.79 Å². The van der Waals surface area contributed by atoms with Crippen molar-refractivity contribution in [3.8, 4) is 5.75 Å². The van der Waals surface area contributed by atoms with Crippen LogP contribution in [0.3, 0.4) is 0 Å². The second kappa shape index (κ2) is 8.23. The summed E-state index contributed by atoms with van der Waals surface area (Å²) in [5, 5.41) is 15.1. The molecule has 2 amide bonds. The third-order valence-corrected chi connectivity index (χ3v) is 3.69. The van der Waals surface area contributed by atoms with Crippen molar-refractivity contribution < 1.29 is 19.4 Å². The number of hydrogen-bond donors (Lipinski definition) is 3. The van der Waals surface area contributed by atoms with Crippen molar-refractivity contribution in [2.75, 3.05) is 10.6 Å². The number of anilines is 2. The molecule has 0 atom stereocenters. The molecule has 0 aliphatic carbocycles. The van der Waals surface area contributed by atoms with Crippen LogP contribution in [0.5, 0.6) is 5.75 Å². The first-order chi connectivity index (χ1) is 12.1. The molecular formula is C19H21BrN2O4. The van der Waals surface area contributed by atoms with Crippen molar-refractivity contribution in [1.29, 1.82) is 0 Å². The number of hydrogen-bond acceptors (Lipinski definition) is 4. The van der Waals surface area contributed by atoms with Crippen LogP contribution in [0.25, 0.3) is 0 Å². The maximum Gasteiger partial charge on any atom is 0.412 e. The van der Waals surface area contributed by atoms with Crippen LogP contribution in [0.15, 0.2) is 46.9 Å². The maximum atomic E-state index is 12.1. The number of halogens is 1. The largest absolute Gasteiger partial charge is 0.506 e. The van der Waals surface area contributed by atoms with Gasteiger partial charge in [0, 0.05) is 10.2 Å². The van der Waals surface area contributed by atoms with E-state index in [2.05, 4.69) is 26.6 Å². The Hall–Kier alpha value is -2.54. The molecule has 26 heavy (non-hydrogen) atoms. The highest BCUT2D eigenvalue weighted by Crippen LogP contribution is 2.27. The number of aromatic hydroxyl groups is 1. The van der Waals surface area contributed by atoms with Crippen LogP contribution in [-0.4, -0.2) is 22.7 Å². The van der Waals surface area contributed by atoms with Crippen LogP contribution >= 0.6 is 15.9 Å². The van der Waals surface area contributed by atoms with E-state index in [4.69, 9.17) is 4.74 Å². The minimum absolute atomic E-state index is 0.00960. The number of carbonyl (C=O) groups excluding carboxylic acids is 2. The quantitative estimate of drug-likeness (QED) is 0.626. The van der Waals surface area contributed by atoms with E-state index in [1.54, 1.807) is 57.2 Å². The SMILES string of the molecule is CC(C)(C)OC(=O)Nc1ccc(CC(=O)Nc2ccc(Br)cc2O)cc1. The number of ether oxygens (including phenoxy) is 1. The van der Waals surface area contributed by atoms with Gasteiger partial charge in [0.1, 0.15) is 11.4 Å². The zero-order chi connectivity index (χ0) is 19.3. The average molecular weight is 421 g/mol. The number of benzene rings is 2. The van der Waals surface area contributed by atoms with Gasteiger partial charge in [-0.3, -0.25) is 10.1 Å². The van der Waals surface area contributed by atoms with Crippen LogP contribution in [0.1, 0.15) is 26.3 Å². The first-order valence-electron chi connectivity index (χ1n) is 8.00. The zero-order valence-corrected chi connectivity index (χ0v) is 16.4. The van der Waals surface area contributed by atoms with Gasteiger partial charge in [0.2, 0.25) is 5.91 Å². The van der Waals surface area contributed by atoms with E-state index in [1.807, 2.05) is 0 Å². The first kappa shape index (κ1) is 19.8. The lowest BCUT2D eigenvalue weighted by atomic mass is 10.1. The van der Waals surface area contributed by atoms with Crippen molar-refractivity contribution in [1.82, 2.24) is 0 Å². The smallest absolute Gasteiger partial charge is 0.412 e. The minimum Gasteiger partial charge on any atom is -0.506 e. The molecule has 138 valence electrons. The Kier molecular flexibility index (Phi) is 6.26. The molecule has 3 N–H and O–H groups in total. The summed E-state index contributed by atoms with van der Waals surface area (Å²) < 4.78 is 5.90. The number of rotatable bonds is 4. The van der Waals surface area contributed by atoms with Crippen molar-refractivity contribution in [2.45, 2.75) is 32.8 Å². The van der Waals surface area contributed by atoms with E-state index in [9.17, 15) is 14.7 Å². The fourth-order valence-corrected chi connectivity index (χ4v) is 2.47. The number of carbonyl (C=O) groups is 2. The Morgan fingerprint density at radius 2 is 1.73 bits per heavy atom. The van der Waals surface area contributed by atoms with Gasteiger partial charge >= 0.3 is 6.09 Å². The highest BCUT2D eigenvalue weighted by molar-refractivity contribution is 9.10. The van der Waals surface area contributed by atoms with Gasteiger partial charge < -0.3 is 15.2 Å². The van der Waals surface area contributed by atoms with E-state index < -0.39 is 11.7 Å². The summed E-state index contributed by atoms with van der Waals surface area (Å²) in [6.07, 6.45) is -0.393. The fraction of sp³-hybridized carbons (Fsp3) is 0.263. The minimum atomic E-state index is -0.569. The van der Waals surface area contributed by atoms with Crippen LogP contribution in [0.2, 0.25) is 0 Å². The highest BCUT2D eigenvalue weighted by atomic mass is 79.9. The molecule has 0 unspecified atom stereocenters. The Morgan fingerprint density at radius 1 is 1.08 bits per heavy atom. The molecule has 7 heteroatoms. The molecular weight excluding hydrogens is 400 g/mol. The predicted octanol–water partition coefficient (Wildman–Crippen LogP) is 4.68. The van der Waals surface area contributed by atoms with Crippen molar-refractivity contribution in [3.05, 3.63) is 52.5 Å². The van der Waals surface area contributed by atoms with Gasteiger partial charge in [-0.2, -0.15) is 0 Å². The zero-order valence-electron chi connectivity index (χ0n) is 14.8. The third kappa shape index (κ3) is 6.40. The molecule has 0 spiro atoms. The molecule has 2 rings (SSSR count). The van der Waals surface area contributed by atoms with Crippen molar-refractivity contribution in [3.63, 3.8) is 0 Å². The van der Waals surface area contributed by atoms with E-state index in [-0.39, 0.29) is 18.1 Å². The lowest BCUT2D eigenvalue weighted by molar-refractivity contribution is -0.115.